The number of anilines is 2. The average molecular weight is 442 g/mol. The topological polar surface area (TPSA) is 79.4 Å². The number of amides is 1. The van der Waals surface area contributed by atoms with Gasteiger partial charge in [-0.1, -0.05) is 24.3 Å². The van der Waals surface area contributed by atoms with Crippen molar-refractivity contribution in [3.8, 4) is 21.8 Å². The summed E-state index contributed by atoms with van der Waals surface area (Å²) in [6, 6.07) is 15.1. The first-order valence-electron chi connectivity index (χ1n) is 9.80. The van der Waals surface area contributed by atoms with Crippen LogP contribution in [0.3, 0.4) is 0 Å². The molecule has 0 atom stereocenters. The van der Waals surface area contributed by atoms with E-state index in [9.17, 15) is 13.2 Å². The molecule has 0 spiro atoms. The standard InChI is InChI=1S/C22H23N3O3S2/c1-3-25(30(2,27)28)19-11-9-15(10-12-19)20-14-29-22(24-20)17-5-4-6-18(13-17)23-21(26)16-7-8-16/h4-6,9-14,16H,3,7-8H2,1-2H3,(H,23,26). The Labute approximate surface area is 180 Å². The lowest BCUT2D eigenvalue weighted by molar-refractivity contribution is -0.117. The number of thiazole rings is 1. The van der Waals surface area contributed by atoms with Crippen molar-refractivity contribution in [2.24, 2.45) is 5.92 Å². The highest BCUT2D eigenvalue weighted by Gasteiger charge is 2.29. The van der Waals surface area contributed by atoms with Crippen molar-refractivity contribution in [3.63, 3.8) is 0 Å². The molecule has 1 heterocycles. The van der Waals surface area contributed by atoms with E-state index in [2.05, 4.69) is 5.32 Å². The maximum Gasteiger partial charge on any atom is 0.232 e. The van der Waals surface area contributed by atoms with Crippen molar-refractivity contribution in [3.05, 3.63) is 53.9 Å². The molecule has 1 aromatic heterocycles. The minimum absolute atomic E-state index is 0.0854. The van der Waals surface area contributed by atoms with Crippen molar-refractivity contribution >= 4 is 38.6 Å². The fraction of sp³-hybridized carbons (Fsp3) is 0.273. The first kappa shape index (κ1) is 20.6. The maximum atomic E-state index is 12.0. The molecule has 2 aromatic carbocycles. The lowest BCUT2D eigenvalue weighted by atomic mass is 10.1. The van der Waals surface area contributed by atoms with Crippen molar-refractivity contribution in [2.45, 2.75) is 19.8 Å². The fourth-order valence-corrected chi connectivity index (χ4v) is 5.07. The third kappa shape index (κ3) is 4.55. The van der Waals surface area contributed by atoms with Gasteiger partial charge in [-0.3, -0.25) is 9.10 Å². The molecular formula is C22H23N3O3S2. The van der Waals surface area contributed by atoms with Crippen molar-refractivity contribution in [2.75, 3.05) is 22.4 Å². The SMILES string of the molecule is CCN(c1ccc(-c2csc(-c3cccc(NC(=O)C4CC4)c3)n2)cc1)S(C)(=O)=O. The van der Waals surface area contributed by atoms with Gasteiger partial charge in [0.15, 0.2) is 0 Å². The molecule has 0 aliphatic heterocycles. The number of rotatable bonds is 7. The third-order valence-electron chi connectivity index (χ3n) is 4.97. The van der Waals surface area contributed by atoms with Crippen LogP contribution in [0.15, 0.2) is 53.9 Å². The molecule has 1 aliphatic rings. The number of carbonyl (C=O) groups is 1. The van der Waals surface area contributed by atoms with Gasteiger partial charge in [-0.05, 0) is 44.0 Å². The minimum Gasteiger partial charge on any atom is -0.326 e. The average Bonchev–Trinajstić information content (AvgIpc) is 3.45. The highest BCUT2D eigenvalue weighted by Crippen LogP contribution is 2.33. The van der Waals surface area contributed by atoms with E-state index in [-0.39, 0.29) is 11.8 Å². The van der Waals surface area contributed by atoms with Gasteiger partial charge in [0.2, 0.25) is 15.9 Å². The smallest absolute Gasteiger partial charge is 0.232 e. The van der Waals surface area contributed by atoms with E-state index in [4.69, 9.17) is 4.98 Å². The van der Waals surface area contributed by atoms with Gasteiger partial charge < -0.3 is 5.32 Å². The summed E-state index contributed by atoms with van der Waals surface area (Å²) in [5.41, 5.74) is 4.12. The van der Waals surface area contributed by atoms with E-state index in [1.165, 1.54) is 21.9 Å². The first-order chi connectivity index (χ1) is 14.3. The molecule has 156 valence electrons. The molecule has 1 aliphatic carbocycles. The van der Waals surface area contributed by atoms with E-state index in [1.807, 2.05) is 48.7 Å². The number of nitrogens with zero attached hydrogens (tertiary/aromatic N) is 2. The molecule has 0 radical (unpaired) electrons. The maximum absolute atomic E-state index is 12.0. The quantitative estimate of drug-likeness (QED) is 0.581. The second-order valence-electron chi connectivity index (χ2n) is 7.36. The fourth-order valence-electron chi connectivity index (χ4n) is 3.27. The van der Waals surface area contributed by atoms with Gasteiger partial charge in [0.1, 0.15) is 5.01 Å². The number of sulfonamides is 1. The zero-order chi connectivity index (χ0) is 21.3. The van der Waals surface area contributed by atoms with E-state index in [1.54, 1.807) is 12.1 Å². The highest BCUT2D eigenvalue weighted by molar-refractivity contribution is 7.92. The van der Waals surface area contributed by atoms with Gasteiger partial charge >= 0.3 is 0 Å². The summed E-state index contributed by atoms with van der Waals surface area (Å²) in [6.07, 6.45) is 3.15. The van der Waals surface area contributed by atoms with Crippen LogP contribution in [-0.4, -0.2) is 32.1 Å². The number of hydrogen-bond acceptors (Lipinski definition) is 5. The molecule has 0 bridgehead atoms. The third-order valence-corrected chi connectivity index (χ3v) is 7.13. The molecule has 3 aromatic rings. The van der Waals surface area contributed by atoms with Crippen LogP contribution in [0, 0.1) is 5.92 Å². The Hall–Kier alpha value is -2.71. The Morgan fingerprint density at radius 1 is 1.17 bits per heavy atom. The molecule has 0 saturated heterocycles. The number of nitrogens with one attached hydrogen (secondary N) is 1. The van der Waals surface area contributed by atoms with E-state index in [0.717, 1.165) is 40.4 Å². The van der Waals surface area contributed by atoms with Gasteiger partial charge in [-0.2, -0.15) is 0 Å². The van der Waals surface area contributed by atoms with E-state index >= 15 is 0 Å². The minimum atomic E-state index is -3.30. The predicted octanol–water partition coefficient (Wildman–Crippen LogP) is 4.61. The lowest BCUT2D eigenvalue weighted by Gasteiger charge is -2.20. The van der Waals surface area contributed by atoms with Gasteiger partial charge in [0, 0.05) is 34.7 Å². The van der Waals surface area contributed by atoms with E-state index in [0.29, 0.717) is 12.2 Å². The number of hydrogen-bond donors (Lipinski definition) is 1. The summed E-state index contributed by atoms with van der Waals surface area (Å²) >= 11 is 1.53. The molecule has 30 heavy (non-hydrogen) atoms. The second-order valence-corrected chi connectivity index (χ2v) is 10.1. The Bertz CT molecular complexity index is 1170. The van der Waals surface area contributed by atoms with Crippen molar-refractivity contribution in [1.82, 2.24) is 4.98 Å². The predicted molar refractivity (Wildman–Crippen MR) is 122 cm³/mol. The van der Waals surface area contributed by atoms with Crippen LogP contribution in [0.5, 0.6) is 0 Å². The highest BCUT2D eigenvalue weighted by atomic mass is 32.2. The van der Waals surface area contributed by atoms with Crippen LogP contribution in [0.2, 0.25) is 0 Å². The van der Waals surface area contributed by atoms with Crippen LogP contribution in [0.1, 0.15) is 19.8 Å². The monoisotopic (exact) mass is 441 g/mol. The van der Waals surface area contributed by atoms with Crippen LogP contribution in [0.4, 0.5) is 11.4 Å². The van der Waals surface area contributed by atoms with Crippen LogP contribution in [0.25, 0.3) is 21.8 Å². The Morgan fingerprint density at radius 3 is 2.53 bits per heavy atom. The molecular weight excluding hydrogens is 418 g/mol. The first-order valence-corrected chi connectivity index (χ1v) is 12.5. The molecule has 1 saturated carbocycles. The number of benzene rings is 2. The summed E-state index contributed by atoms with van der Waals surface area (Å²) in [4.78, 5) is 16.7. The molecule has 1 N–H and O–H groups in total. The summed E-state index contributed by atoms with van der Waals surface area (Å²) in [6.45, 7) is 2.19. The summed E-state index contributed by atoms with van der Waals surface area (Å²) in [5.74, 6) is 0.247. The zero-order valence-electron chi connectivity index (χ0n) is 16.8. The lowest BCUT2D eigenvalue weighted by Crippen LogP contribution is -2.29. The molecule has 1 fully saturated rings. The molecule has 6 nitrogen and oxygen atoms in total. The van der Waals surface area contributed by atoms with Crippen LogP contribution < -0.4 is 9.62 Å². The summed E-state index contributed by atoms with van der Waals surface area (Å²) in [5, 5.41) is 5.82. The second kappa shape index (κ2) is 8.20. The zero-order valence-corrected chi connectivity index (χ0v) is 18.5. The van der Waals surface area contributed by atoms with Crippen LogP contribution >= 0.6 is 11.3 Å². The molecule has 1 amide bonds. The normalized spacial score (nSPS) is 13.8. The molecule has 8 heteroatoms. The molecule has 4 rings (SSSR count). The Morgan fingerprint density at radius 2 is 1.90 bits per heavy atom. The van der Waals surface area contributed by atoms with Gasteiger partial charge in [0.05, 0.1) is 17.6 Å². The van der Waals surface area contributed by atoms with E-state index < -0.39 is 10.0 Å². The summed E-state index contributed by atoms with van der Waals surface area (Å²) in [7, 11) is -3.30. The number of aromatic nitrogens is 1. The number of carbonyl (C=O) groups excluding carboxylic acids is 1. The van der Waals surface area contributed by atoms with Crippen molar-refractivity contribution < 1.29 is 13.2 Å². The molecule has 0 unspecified atom stereocenters. The van der Waals surface area contributed by atoms with Crippen molar-refractivity contribution in [1.29, 1.82) is 0 Å². The van der Waals surface area contributed by atoms with Crippen LogP contribution in [-0.2, 0) is 14.8 Å². The summed E-state index contributed by atoms with van der Waals surface area (Å²) < 4.78 is 25.2. The Balaban J connectivity index is 1.53. The van der Waals surface area contributed by atoms with Gasteiger partial charge in [0.25, 0.3) is 0 Å². The van der Waals surface area contributed by atoms with Gasteiger partial charge in [-0.15, -0.1) is 11.3 Å². The Kier molecular flexibility index (Phi) is 5.62. The largest absolute Gasteiger partial charge is 0.326 e. The van der Waals surface area contributed by atoms with Gasteiger partial charge in [-0.25, -0.2) is 13.4 Å².